The minimum Gasteiger partial charge on any atom is -0.481 e. The highest BCUT2D eigenvalue weighted by atomic mass is 16.5. The molecule has 0 heterocycles. The SMILES string of the molecule is C=CCOC(=O)CC(CCCCCCCCCCCCCCCCC/C=C/CCCCCCCCCC)C(=O)O. The molecule has 4 nitrogen and oxygen atoms in total. The number of unbranched alkanes of at least 4 members (excludes halogenated alkanes) is 23. The zero-order valence-electron chi connectivity index (χ0n) is 26.5. The summed E-state index contributed by atoms with van der Waals surface area (Å²) in [5.41, 5.74) is 0. The first-order valence-electron chi connectivity index (χ1n) is 17.3. The molecule has 0 aromatic rings. The maximum atomic E-state index is 11.6. The number of aliphatic carboxylic acids is 1. The average Bonchev–Trinajstić information content (AvgIpc) is 2.94. The van der Waals surface area contributed by atoms with Crippen LogP contribution in [0.4, 0.5) is 0 Å². The van der Waals surface area contributed by atoms with Gasteiger partial charge < -0.3 is 9.84 Å². The summed E-state index contributed by atoms with van der Waals surface area (Å²) in [6, 6.07) is 0. The Labute approximate surface area is 248 Å². The summed E-state index contributed by atoms with van der Waals surface area (Å²) in [4.78, 5) is 23.0. The fraction of sp³-hybridized carbons (Fsp3) is 0.833. The van der Waals surface area contributed by atoms with Crippen LogP contribution in [-0.2, 0) is 14.3 Å². The molecule has 234 valence electrons. The van der Waals surface area contributed by atoms with Gasteiger partial charge >= 0.3 is 11.9 Å². The molecule has 40 heavy (non-hydrogen) atoms. The van der Waals surface area contributed by atoms with E-state index in [4.69, 9.17) is 4.74 Å². The second kappa shape index (κ2) is 31.9. The number of carboxylic acids is 1. The van der Waals surface area contributed by atoms with Crippen molar-refractivity contribution in [1.82, 2.24) is 0 Å². The molecule has 1 N–H and O–H groups in total. The Hall–Kier alpha value is -1.58. The van der Waals surface area contributed by atoms with Gasteiger partial charge in [-0.1, -0.05) is 167 Å². The second-order valence-corrected chi connectivity index (χ2v) is 11.8. The number of hydrogen-bond donors (Lipinski definition) is 1. The number of hydrogen-bond acceptors (Lipinski definition) is 3. The lowest BCUT2D eigenvalue weighted by Gasteiger charge is -2.11. The van der Waals surface area contributed by atoms with Crippen LogP contribution in [0.1, 0.15) is 180 Å². The number of allylic oxidation sites excluding steroid dienone is 2. The molecule has 0 aromatic carbocycles. The van der Waals surface area contributed by atoms with Gasteiger partial charge in [0.2, 0.25) is 0 Å². The van der Waals surface area contributed by atoms with Crippen LogP contribution in [0.15, 0.2) is 24.8 Å². The normalized spacial score (nSPS) is 12.1. The zero-order chi connectivity index (χ0) is 29.4. The number of ether oxygens (including phenoxy) is 1. The van der Waals surface area contributed by atoms with Crippen LogP contribution >= 0.6 is 0 Å². The molecular weight excluding hydrogens is 496 g/mol. The molecule has 0 spiro atoms. The number of esters is 1. The Kier molecular flexibility index (Phi) is 30.7. The minimum atomic E-state index is -0.900. The smallest absolute Gasteiger partial charge is 0.307 e. The van der Waals surface area contributed by atoms with Crippen molar-refractivity contribution in [3.05, 3.63) is 24.8 Å². The highest BCUT2D eigenvalue weighted by Gasteiger charge is 2.21. The van der Waals surface area contributed by atoms with Crippen LogP contribution in [0.25, 0.3) is 0 Å². The average molecular weight is 563 g/mol. The van der Waals surface area contributed by atoms with Crippen LogP contribution < -0.4 is 0 Å². The highest BCUT2D eigenvalue weighted by Crippen LogP contribution is 2.18. The first-order valence-corrected chi connectivity index (χ1v) is 17.3. The maximum Gasteiger partial charge on any atom is 0.307 e. The van der Waals surface area contributed by atoms with E-state index < -0.39 is 17.9 Å². The third-order valence-electron chi connectivity index (χ3n) is 7.94. The van der Waals surface area contributed by atoms with Crippen molar-refractivity contribution in [2.45, 2.75) is 180 Å². The molecule has 0 rings (SSSR count). The molecule has 1 atom stereocenters. The summed E-state index contributed by atoms with van der Waals surface area (Å²) in [6.45, 7) is 5.92. The molecule has 4 heteroatoms. The van der Waals surface area contributed by atoms with Crippen molar-refractivity contribution in [2.24, 2.45) is 5.92 Å². The van der Waals surface area contributed by atoms with Gasteiger partial charge in [-0.15, -0.1) is 0 Å². The van der Waals surface area contributed by atoms with E-state index in [1.807, 2.05) is 0 Å². The number of carbonyl (C=O) groups is 2. The summed E-state index contributed by atoms with van der Waals surface area (Å²) in [6.07, 6.45) is 40.0. The summed E-state index contributed by atoms with van der Waals surface area (Å²) in [7, 11) is 0. The molecule has 0 aliphatic heterocycles. The topological polar surface area (TPSA) is 63.6 Å². The Bertz CT molecular complexity index is 598. The monoisotopic (exact) mass is 562 g/mol. The Balaban J connectivity index is 3.31. The van der Waals surface area contributed by atoms with Crippen LogP contribution in [0.2, 0.25) is 0 Å². The lowest BCUT2D eigenvalue weighted by molar-refractivity contribution is -0.151. The van der Waals surface area contributed by atoms with Crippen molar-refractivity contribution >= 4 is 11.9 Å². The van der Waals surface area contributed by atoms with E-state index in [1.54, 1.807) is 0 Å². The Morgan fingerprint density at radius 1 is 0.625 bits per heavy atom. The number of rotatable bonds is 32. The van der Waals surface area contributed by atoms with Crippen molar-refractivity contribution in [3.63, 3.8) is 0 Å². The van der Waals surface area contributed by atoms with Crippen molar-refractivity contribution in [3.8, 4) is 0 Å². The highest BCUT2D eigenvalue weighted by molar-refractivity contribution is 5.78. The van der Waals surface area contributed by atoms with Crippen LogP contribution in [0.5, 0.6) is 0 Å². The Morgan fingerprint density at radius 2 is 1.00 bits per heavy atom. The third kappa shape index (κ3) is 29.4. The summed E-state index contributed by atoms with van der Waals surface area (Å²) >= 11 is 0. The van der Waals surface area contributed by atoms with E-state index in [0.717, 1.165) is 19.3 Å². The fourth-order valence-electron chi connectivity index (χ4n) is 5.31. The summed E-state index contributed by atoms with van der Waals surface area (Å²) in [5, 5.41) is 9.31. The van der Waals surface area contributed by atoms with E-state index in [0.29, 0.717) is 6.42 Å². The van der Waals surface area contributed by atoms with Crippen LogP contribution in [0.3, 0.4) is 0 Å². The van der Waals surface area contributed by atoms with E-state index in [9.17, 15) is 14.7 Å². The predicted octanol–water partition coefficient (Wildman–Crippen LogP) is 11.5. The molecule has 0 saturated carbocycles. The van der Waals surface area contributed by atoms with Crippen molar-refractivity contribution < 1.29 is 19.4 Å². The second-order valence-electron chi connectivity index (χ2n) is 11.8. The van der Waals surface area contributed by atoms with Crippen molar-refractivity contribution in [1.29, 1.82) is 0 Å². The van der Waals surface area contributed by atoms with Crippen LogP contribution in [-0.4, -0.2) is 23.7 Å². The molecule has 0 fully saturated rings. The van der Waals surface area contributed by atoms with Crippen LogP contribution in [0, 0.1) is 5.92 Å². The molecule has 0 radical (unpaired) electrons. The fourth-order valence-corrected chi connectivity index (χ4v) is 5.31. The van der Waals surface area contributed by atoms with Gasteiger partial charge in [-0.3, -0.25) is 9.59 Å². The maximum absolute atomic E-state index is 11.6. The van der Waals surface area contributed by atoms with Gasteiger partial charge in [0.25, 0.3) is 0 Å². The molecular formula is C36H66O4. The molecule has 0 aromatic heterocycles. The number of carboxylic acid groups (broad SMARTS) is 1. The minimum absolute atomic E-state index is 0.0414. The van der Waals surface area contributed by atoms with Gasteiger partial charge in [0.05, 0.1) is 12.3 Å². The molecule has 0 amide bonds. The summed E-state index contributed by atoms with van der Waals surface area (Å²) < 4.78 is 4.91. The molecule has 0 aliphatic rings. The van der Waals surface area contributed by atoms with E-state index in [-0.39, 0.29) is 13.0 Å². The van der Waals surface area contributed by atoms with E-state index >= 15 is 0 Å². The number of carbonyl (C=O) groups excluding carboxylic acids is 1. The quantitative estimate of drug-likeness (QED) is 0.0503. The lowest BCUT2D eigenvalue weighted by atomic mass is 9.97. The summed E-state index contributed by atoms with van der Waals surface area (Å²) in [5.74, 6) is -1.98. The van der Waals surface area contributed by atoms with Gasteiger partial charge in [-0.25, -0.2) is 0 Å². The lowest BCUT2D eigenvalue weighted by Crippen LogP contribution is -2.19. The van der Waals surface area contributed by atoms with Crippen molar-refractivity contribution in [2.75, 3.05) is 6.61 Å². The molecule has 0 bridgehead atoms. The third-order valence-corrected chi connectivity index (χ3v) is 7.94. The molecule has 0 saturated heterocycles. The standard InChI is InChI=1S/C36H66O4/c1-3-5-6-7-8-9-10-11-12-13-14-15-16-17-18-19-20-21-22-23-24-25-26-27-28-29-30-31-34(36(38)39)33-35(37)40-32-4-2/h4,13-14,34H,2-3,5-12,15-33H2,1H3,(H,38,39)/b14-13+. The molecule has 0 aliphatic carbocycles. The van der Waals surface area contributed by atoms with E-state index in [1.165, 1.54) is 147 Å². The first-order chi connectivity index (χ1) is 19.6. The van der Waals surface area contributed by atoms with Gasteiger partial charge in [0.15, 0.2) is 0 Å². The first kappa shape index (κ1) is 38.4. The molecule has 1 unspecified atom stereocenters. The Morgan fingerprint density at radius 3 is 1.38 bits per heavy atom. The van der Waals surface area contributed by atoms with E-state index in [2.05, 4.69) is 25.7 Å². The van der Waals surface area contributed by atoms with Gasteiger partial charge in [0, 0.05) is 0 Å². The largest absolute Gasteiger partial charge is 0.481 e. The zero-order valence-corrected chi connectivity index (χ0v) is 26.5. The van der Waals surface area contributed by atoms with Gasteiger partial charge in [-0.2, -0.15) is 0 Å². The van der Waals surface area contributed by atoms with Gasteiger partial charge in [0.1, 0.15) is 6.61 Å². The van der Waals surface area contributed by atoms with Gasteiger partial charge in [-0.05, 0) is 32.1 Å². The predicted molar refractivity (Wildman–Crippen MR) is 172 cm³/mol.